The summed E-state index contributed by atoms with van der Waals surface area (Å²) in [6.45, 7) is 28.4. The van der Waals surface area contributed by atoms with Gasteiger partial charge < -0.3 is 0 Å². The van der Waals surface area contributed by atoms with Crippen LogP contribution in [0.15, 0.2) is 121 Å². The largest absolute Gasteiger partial charge is 0.0622 e. The van der Waals surface area contributed by atoms with Crippen molar-refractivity contribution in [1.29, 1.82) is 0 Å². The fraction of sp³-hybridized carbons (Fsp3) is 0.333. The Morgan fingerprint density at radius 2 is 0.691 bits per heavy atom. The van der Waals surface area contributed by atoms with E-state index in [0.717, 1.165) is 0 Å². The average molecular weight is 743 g/mol. The first-order valence-electron chi connectivity index (χ1n) is 20.8. The smallest absolute Gasteiger partial charge is 0.00694 e. The normalized spacial score (nSPS) is 12.2. The number of hydrogen-bond donors (Lipinski definition) is 0. The van der Waals surface area contributed by atoms with Gasteiger partial charge in [0.1, 0.15) is 0 Å². The maximum Gasteiger partial charge on any atom is -0.00694 e. The summed E-state index contributed by atoms with van der Waals surface area (Å²) < 4.78 is 0. The Morgan fingerprint density at radius 1 is 0.327 bits per heavy atom. The van der Waals surface area contributed by atoms with E-state index >= 15 is 0 Å². The van der Waals surface area contributed by atoms with Crippen LogP contribution in [-0.2, 0) is 0 Å². The van der Waals surface area contributed by atoms with Crippen LogP contribution < -0.4 is 10.6 Å². The summed E-state index contributed by atoms with van der Waals surface area (Å²) in [6.07, 6.45) is 0. The minimum atomic E-state index is 0.388. The zero-order chi connectivity index (χ0) is 39.6. The summed E-state index contributed by atoms with van der Waals surface area (Å²) in [5, 5.41) is 2.83. The Hall–Kier alpha value is -4.25. The van der Waals surface area contributed by atoms with E-state index in [-0.39, 0.29) is 0 Å². The Balaban J connectivity index is 1.73. The summed E-state index contributed by atoms with van der Waals surface area (Å²) in [5.74, 6) is 2.49. The zero-order valence-corrected chi connectivity index (χ0v) is 36.5. The van der Waals surface area contributed by atoms with Crippen LogP contribution in [0.4, 0.5) is 0 Å². The molecule has 55 heavy (non-hydrogen) atoms. The van der Waals surface area contributed by atoms with Gasteiger partial charge in [-0.05, 0) is 124 Å². The van der Waals surface area contributed by atoms with Gasteiger partial charge in [-0.15, -0.1) is 0 Å². The molecule has 0 radical (unpaired) electrons. The van der Waals surface area contributed by atoms with E-state index in [4.69, 9.17) is 0 Å². The lowest BCUT2D eigenvalue weighted by Crippen LogP contribution is -2.16. The first-order chi connectivity index (χ1) is 26.3. The van der Waals surface area contributed by atoms with Crippen molar-refractivity contribution < 1.29 is 0 Å². The Bertz CT molecular complexity index is 2090. The van der Waals surface area contributed by atoms with Crippen molar-refractivity contribution in [2.24, 2.45) is 0 Å². The second kappa shape index (κ2) is 17.3. The van der Waals surface area contributed by atoms with Gasteiger partial charge in [0, 0.05) is 0 Å². The van der Waals surface area contributed by atoms with E-state index in [1.807, 2.05) is 0 Å². The zero-order valence-electron chi connectivity index (χ0n) is 35.5. The van der Waals surface area contributed by atoms with Crippen molar-refractivity contribution in [2.75, 3.05) is 0 Å². The topological polar surface area (TPSA) is 0 Å². The summed E-state index contributed by atoms with van der Waals surface area (Å²) in [7, 11) is 0.449. The van der Waals surface area contributed by atoms with Gasteiger partial charge in [0.2, 0.25) is 0 Å². The third kappa shape index (κ3) is 8.47. The van der Waals surface area contributed by atoms with Crippen LogP contribution in [0.5, 0.6) is 0 Å². The molecule has 6 rings (SSSR count). The van der Waals surface area contributed by atoms with E-state index in [0.29, 0.717) is 44.1 Å². The molecule has 0 heterocycles. The molecule has 0 bridgehead atoms. The maximum atomic E-state index is 2.52. The van der Waals surface area contributed by atoms with Crippen LogP contribution in [0.3, 0.4) is 0 Å². The van der Waals surface area contributed by atoms with Gasteiger partial charge in [0.15, 0.2) is 0 Å². The van der Waals surface area contributed by atoms with E-state index in [9.17, 15) is 0 Å². The third-order valence-electron chi connectivity index (χ3n) is 11.4. The van der Waals surface area contributed by atoms with Crippen LogP contribution in [0.2, 0.25) is 0 Å². The quantitative estimate of drug-likeness (QED) is 0.110. The molecule has 0 saturated heterocycles. The predicted molar refractivity (Wildman–Crippen MR) is 247 cm³/mol. The summed E-state index contributed by atoms with van der Waals surface area (Å²) in [5.41, 5.74) is 19.5. The van der Waals surface area contributed by atoms with Crippen LogP contribution in [-0.4, -0.2) is 0 Å². The molecule has 0 aliphatic heterocycles. The molecule has 1 atom stereocenters. The molecule has 0 nitrogen and oxygen atoms in total. The predicted octanol–water partition coefficient (Wildman–Crippen LogP) is 15.7. The molecule has 0 aliphatic carbocycles. The second-order valence-electron chi connectivity index (χ2n) is 17.4. The summed E-state index contributed by atoms with van der Waals surface area (Å²) >= 11 is 0. The summed E-state index contributed by atoms with van der Waals surface area (Å²) in [6, 6.07) is 46.4. The molecule has 0 spiro atoms. The van der Waals surface area contributed by atoms with Crippen LogP contribution >= 0.6 is 8.58 Å². The van der Waals surface area contributed by atoms with Gasteiger partial charge in [-0.25, -0.2) is 0 Å². The van der Waals surface area contributed by atoms with Crippen molar-refractivity contribution in [2.45, 2.75) is 119 Å². The third-order valence-corrected chi connectivity index (χ3v) is 12.9. The van der Waals surface area contributed by atoms with Gasteiger partial charge in [0.25, 0.3) is 0 Å². The van der Waals surface area contributed by atoms with Crippen molar-refractivity contribution >= 4 is 19.2 Å². The number of rotatable bonds is 12. The number of hydrogen-bond acceptors (Lipinski definition) is 0. The van der Waals surface area contributed by atoms with Crippen molar-refractivity contribution in [3.63, 3.8) is 0 Å². The van der Waals surface area contributed by atoms with E-state index < -0.39 is 0 Å². The highest BCUT2D eigenvalue weighted by Crippen LogP contribution is 2.45. The molecule has 6 aromatic carbocycles. The Labute approximate surface area is 335 Å². The van der Waals surface area contributed by atoms with Gasteiger partial charge in [-0.3, -0.25) is 0 Å². The van der Waals surface area contributed by atoms with E-state index in [2.05, 4.69) is 204 Å². The molecule has 6 aromatic rings. The summed E-state index contributed by atoms with van der Waals surface area (Å²) in [4.78, 5) is 0. The molecule has 0 saturated carbocycles. The SMILES string of the molecule is CC(C)c1cc(C(C)C)c(-c2cccc(-c3c(C(C)C)cc(C(C)C)cc3C(C)C)c2Pc2ccccc2-c2ccccc2-c2ccccc2)c(C(C)C)c1. The lowest BCUT2D eigenvalue weighted by molar-refractivity contribution is 0.807. The van der Waals surface area contributed by atoms with Gasteiger partial charge in [0.05, 0.1) is 0 Å². The average Bonchev–Trinajstić information content (AvgIpc) is 3.17. The fourth-order valence-corrected chi connectivity index (χ4v) is 9.67. The van der Waals surface area contributed by atoms with Crippen molar-refractivity contribution in [3.05, 3.63) is 155 Å². The maximum absolute atomic E-state index is 2.52. The van der Waals surface area contributed by atoms with E-state index in [1.165, 1.54) is 88.5 Å². The highest BCUT2D eigenvalue weighted by Gasteiger charge is 2.26. The lowest BCUT2D eigenvalue weighted by Gasteiger charge is -2.28. The van der Waals surface area contributed by atoms with Crippen molar-refractivity contribution in [3.8, 4) is 44.5 Å². The molecular weight excluding hydrogens is 680 g/mol. The Kier molecular flexibility index (Phi) is 12.7. The molecule has 0 aliphatic rings. The standard InChI is InChI=1S/C54H63P/c1-33(2)40-29-47(35(5)6)52(48(30-40)36(7)8)45-26-20-27-46(53-49(37(9)10)31-41(34(3)4)32-50(53)38(11)12)54(45)55-51-28-19-18-25-44(51)43-24-17-16-23-42(43)39-21-14-13-15-22-39/h13-38,55H,1-12H3. The highest BCUT2D eigenvalue weighted by molar-refractivity contribution is 7.56. The highest BCUT2D eigenvalue weighted by atomic mass is 31.1. The van der Waals surface area contributed by atoms with Crippen molar-refractivity contribution in [1.82, 2.24) is 0 Å². The lowest BCUT2D eigenvalue weighted by atomic mass is 9.79. The molecule has 0 fully saturated rings. The second-order valence-corrected chi connectivity index (χ2v) is 18.7. The molecule has 0 aromatic heterocycles. The monoisotopic (exact) mass is 742 g/mol. The molecule has 284 valence electrons. The Morgan fingerprint density at radius 3 is 1.11 bits per heavy atom. The molecule has 1 heteroatoms. The van der Waals surface area contributed by atoms with Gasteiger partial charge >= 0.3 is 0 Å². The molecule has 1 unspecified atom stereocenters. The van der Waals surface area contributed by atoms with Crippen LogP contribution in [0.25, 0.3) is 44.5 Å². The minimum Gasteiger partial charge on any atom is -0.0622 e. The van der Waals surface area contributed by atoms with Gasteiger partial charge in [-0.2, -0.15) is 0 Å². The van der Waals surface area contributed by atoms with Crippen LogP contribution in [0, 0.1) is 0 Å². The molecule has 0 amide bonds. The first kappa shape index (κ1) is 40.4. The number of benzene rings is 6. The van der Waals surface area contributed by atoms with E-state index in [1.54, 1.807) is 0 Å². The minimum absolute atomic E-state index is 0.388. The first-order valence-corrected chi connectivity index (χ1v) is 21.8. The van der Waals surface area contributed by atoms with Crippen LogP contribution in [0.1, 0.15) is 152 Å². The van der Waals surface area contributed by atoms with Gasteiger partial charge in [-0.1, -0.05) is 213 Å². The molecule has 0 N–H and O–H groups in total. The molecular formula is C54H63P. The fourth-order valence-electron chi connectivity index (χ4n) is 8.19.